The molecule has 0 radical (unpaired) electrons. The Morgan fingerprint density at radius 1 is 0.906 bits per heavy atom. The van der Waals surface area contributed by atoms with Gasteiger partial charge >= 0.3 is 0 Å². The highest BCUT2D eigenvalue weighted by molar-refractivity contribution is 6.11. The van der Waals surface area contributed by atoms with Gasteiger partial charge < -0.3 is 10.1 Å². The van der Waals surface area contributed by atoms with Crippen LogP contribution in [0.15, 0.2) is 96.6 Å². The summed E-state index contributed by atoms with van der Waals surface area (Å²) in [6.07, 6.45) is 1.62. The Hall–Kier alpha value is -4.36. The Labute approximate surface area is 187 Å². The molecule has 4 nitrogen and oxygen atoms in total. The molecule has 0 fully saturated rings. The van der Waals surface area contributed by atoms with Crippen LogP contribution in [0.5, 0.6) is 5.75 Å². The van der Waals surface area contributed by atoms with Gasteiger partial charge in [-0.1, -0.05) is 78.4 Å². The van der Waals surface area contributed by atoms with Gasteiger partial charge in [-0.2, -0.15) is 5.26 Å². The number of hydrogen-bond donors (Lipinski definition) is 1. The molecule has 4 heteroatoms. The Balaban J connectivity index is 1.61. The number of amides is 1. The second-order valence-electron chi connectivity index (χ2n) is 7.46. The first-order valence-corrected chi connectivity index (χ1v) is 10.3. The zero-order valence-electron chi connectivity index (χ0n) is 17.7. The van der Waals surface area contributed by atoms with E-state index >= 15 is 0 Å². The lowest BCUT2D eigenvalue weighted by molar-refractivity contribution is -0.112. The van der Waals surface area contributed by atoms with E-state index in [9.17, 15) is 10.1 Å². The van der Waals surface area contributed by atoms with Gasteiger partial charge in [-0.05, 0) is 47.7 Å². The van der Waals surface area contributed by atoms with Gasteiger partial charge in [0.15, 0.2) is 0 Å². The van der Waals surface area contributed by atoms with Crippen molar-refractivity contribution >= 4 is 28.4 Å². The van der Waals surface area contributed by atoms with Gasteiger partial charge in [-0.15, -0.1) is 0 Å². The molecule has 1 amide bonds. The summed E-state index contributed by atoms with van der Waals surface area (Å²) in [7, 11) is 0. The van der Waals surface area contributed by atoms with Gasteiger partial charge in [0.1, 0.15) is 24.0 Å². The number of nitrogens with one attached hydrogen (secondary N) is 1. The highest BCUT2D eigenvalue weighted by Crippen LogP contribution is 2.30. The van der Waals surface area contributed by atoms with Crippen LogP contribution in [0.2, 0.25) is 0 Å². The predicted molar refractivity (Wildman–Crippen MR) is 128 cm³/mol. The van der Waals surface area contributed by atoms with Crippen LogP contribution in [-0.4, -0.2) is 5.91 Å². The quantitative estimate of drug-likeness (QED) is 0.296. The van der Waals surface area contributed by atoms with Crippen molar-refractivity contribution in [2.45, 2.75) is 13.5 Å². The fourth-order valence-electron chi connectivity index (χ4n) is 3.42. The minimum Gasteiger partial charge on any atom is -0.488 e. The molecule has 156 valence electrons. The number of carbonyl (C=O) groups is 1. The minimum atomic E-state index is -0.440. The molecule has 4 aromatic rings. The topological polar surface area (TPSA) is 62.1 Å². The van der Waals surface area contributed by atoms with Gasteiger partial charge in [-0.25, -0.2) is 0 Å². The number of carbonyl (C=O) groups excluding carboxylic acids is 1. The zero-order valence-corrected chi connectivity index (χ0v) is 17.7. The van der Waals surface area contributed by atoms with Crippen molar-refractivity contribution in [3.8, 4) is 11.8 Å². The van der Waals surface area contributed by atoms with E-state index in [1.54, 1.807) is 6.08 Å². The molecule has 0 aromatic heterocycles. The van der Waals surface area contributed by atoms with E-state index in [1.807, 2.05) is 104 Å². The Morgan fingerprint density at radius 3 is 2.31 bits per heavy atom. The number of fused-ring (bicyclic) bond motifs is 1. The third-order valence-electron chi connectivity index (χ3n) is 5.13. The Bertz CT molecular complexity index is 1320. The smallest absolute Gasteiger partial charge is 0.266 e. The molecule has 0 aliphatic rings. The van der Waals surface area contributed by atoms with Gasteiger partial charge in [0.2, 0.25) is 0 Å². The number of rotatable bonds is 6. The maximum Gasteiger partial charge on any atom is 0.266 e. The minimum absolute atomic E-state index is 0.0358. The van der Waals surface area contributed by atoms with Crippen LogP contribution in [0.3, 0.4) is 0 Å². The second-order valence-corrected chi connectivity index (χ2v) is 7.46. The number of nitriles is 1. The third kappa shape index (κ3) is 4.85. The van der Waals surface area contributed by atoms with Crippen molar-refractivity contribution in [1.29, 1.82) is 5.26 Å². The molecule has 0 aliphatic heterocycles. The van der Waals surface area contributed by atoms with Crippen molar-refractivity contribution in [2.24, 2.45) is 0 Å². The first-order chi connectivity index (χ1) is 15.6. The van der Waals surface area contributed by atoms with Crippen molar-refractivity contribution in [1.82, 2.24) is 0 Å². The summed E-state index contributed by atoms with van der Waals surface area (Å²) in [4.78, 5) is 12.7. The van der Waals surface area contributed by atoms with Crippen LogP contribution >= 0.6 is 0 Å². The molecule has 4 rings (SSSR count). The van der Waals surface area contributed by atoms with Crippen molar-refractivity contribution in [2.75, 3.05) is 5.32 Å². The molecular weight excluding hydrogens is 396 g/mol. The highest BCUT2D eigenvalue weighted by atomic mass is 16.5. The van der Waals surface area contributed by atoms with Crippen molar-refractivity contribution in [3.05, 3.63) is 113 Å². The van der Waals surface area contributed by atoms with Crippen LogP contribution in [0.4, 0.5) is 5.69 Å². The van der Waals surface area contributed by atoms with Gasteiger partial charge in [0, 0.05) is 11.1 Å². The fraction of sp³-hybridized carbons (Fsp3) is 0.0714. The number of nitrogens with zero attached hydrogens (tertiary/aromatic N) is 1. The number of hydrogen-bond acceptors (Lipinski definition) is 3. The van der Waals surface area contributed by atoms with E-state index in [4.69, 9.17) is 4.74 Å². The van der Waals surface area contributed by atoms with Crippen LogP contribution < -0.4 is 10.1 Å². The molecule has 4 aromatic carbocycles. The zero-order chi connectivity index (χ0) is 22.3. The summed E-state index contributed by atoms with van der Waals surface area (Å²) in [6, 6.07) is 31.0. The number of benzene rings is 4. The average molecular weight is 418 g/mol. The van der Waals surface area contributed by atoms with Crippen LogP contribution in [0.25, 0.3) is 16.8 Å². The summed E-state index contributed by atoms with van der Waals surface area (Å²) in [5.74, 6) is 0.314. The van der Waals surface area contributed by atoms with E-state index in [0.717, 1.165) is 33.2 Å². The molecule has 1 N–H and O–H groups in total. The average Bonchev–Trinajstić information content (AvgIpc) is 2.83. The van der Waals surface area contributed by atoms with Crippen LogP contribution in [0, 0.1) is 18.3 Å². The maximum atomic E-state index is 12.7. The summed E-state index contributed by atoms with van der Waals surface area (Å²) in [5.41, 5.74) is 3.65. The van der Waals surface area contributed by atoms with Crippen molar-refractivity contribution < 1.29 is 9.53 Å². The summed E-state index contributed by atoms with van der Waals surface area (Å²) in [5, 5.41) is 14.2. The molecule has 0 heterocycles. The molecule has 32 heavy (non-hydrogen) atoms. The van der Waals surface area contributed by atoms with E-state index < -0.39 is 5.91 Å². The summed E-state index contributed by atoms with van der Waals surface area (Å²) >= 11 is 0. The largest absolute Gasteiger partial charge is 0.488 e. The lowest BCUT2D eigenvalue weighted by Crippen LogP contribution is -2.13. The van der Waals surface area contributed by atoms with E-state index in [1.165, 1.54) is 0 Å². The lowest BCUT2D eigenvalue weighted by atomic mass is 10.0. The third-order valence-corrected chi connectivity index (χ3v) is 5.13. The Kier molecular flexibility index (Phi) is 6.29. The van der Waals surface area contributed by atoms with Gasteiger partial charge in [0.05, 0.1) is 0 Å². The summed E-state index contributed by atoms with van der Waals surface area (Å²) < 4.78 is 6.06. The molecule has 0 saturated carbocycles. The van der Waals surface area contributed by atoms with E-state index in [-0.39, 0.29) is 5.57 Å². The summed E-state index contributed by atoms with van der Waals surface area (Å²) in [6.45, 7) is 2.44. The van der Waals surface area contributed by atoms with Gasteiger partial charge in [-0.3, -0.25) is 4.79 Å². The second kappa shape index (κ2) is 9.63. The molecule has 0 aliphatic carbocycles. The first kappa shape index (κ1) is 20.9. The molecule has 0 unspecified atom stereocenters. The normalized spacial score (nSPS) is 11.1. The fourth-order valence-corrected chi connectivity index (χ4v) is 3.42. The van der Waals surface area contributed by atoms with Gasteiger partial charge in [0.25, 0.3) is 5.91 Å². The Morgan fingerprint density at radius 2 is 1.59 bits per heavy atom. The van der Waals surface area contributed by atoms with Crippen LogP contribution in [-0.2, 0) is 11.4 Å². The molecule has 0 spiro atoms. The predicted octanol–water partition coefficient (Wildman–Crippen LogP) is 6.27. The van der Waals surface area contributed by atoms with E-state index in [2.05, 4.69) is 5.32 Å². The van der Waals surface area contributed by atoms with Crippen LogP contribution in [0.1, 0.15) is 16.7 Å². The number of ether oxygens (including phenoxy) is 1. The number of anilines is 1. The van der Waals surface area contributed by atoms with Crippen molar-refractivity contribution in [3.63, 3.8) is 0 Å². The highest BCUT2D eigenvalue weighted by Gasteiger charge is 2.12. The SMILES string of the molecule is Cc1ccc(NC(=O)/C(C#N)=C\c2ccc(OCc3ccccc3)c3ccccc23)cc1. The molecule has 0 atom stereocenters. The monoisotopic (exact) mass is 418 g/mol. The molecular formula is C28H22N2O2. The number of aryl methyl sites for hydroxylation is 1. The molecule has 0 saturated heterocycles. The standard InChI is InChI=1S/C28H22N2O2/c1-20-11-14-24(15-12-20)30-28(31)23(18-29)17-22-13-16-27(26-10-6-5-9-25(22)26)32-19-21-7-3-2-4-8-21/h2-17H,19H2,1H3,(H,30,31)/b23-17-. The van der Waals surface area contributed by atoms with E-state index in [0.29, 0.717) is 12.3 Å². The molecule has 0 bridgehead atoms. The maximum absolute atomic E-state index is 12.7. The lowest BCUT2D eigenvalue weighted by Gasteiger charge is -2.12. The first-order valence-electron chi connectivity index (χ1n) is 10.3.